The minimum absolute atomic E-state index is 0.205. The Balaban J connectivity index is 0.989. The molecule has 0 radical (unpaired) electrons. The van der Waals surface area contributed by atoms with E-state index in [4.69, 9.17) is 8.83 Å². The standard InChI is InChI=1S/C64H49NO2/c1-36-19-11-16-26-50(36)65(38-29-31-41-47(33-38)62(2,3)49-35-45(37-20-9-8-10-21-37)60-55(53(41)49)43-23-13-17-27-51(43)66-60)39-30-32-42-48(34-39)64(6,7)59-57(42)61-56(44-24-14-18-28-52(44)67-61)54-40-22-12-15-25-46(40)63(4,5)58(54)59/h8-35H,1-7H3. The Hall–Kier alpha value is -7.62. The largest absolute Gasteiger partial charge is 0.455 e. The molecule has 3 nitrogen and oxygen atoms in total. The van der Waals surface area contributed by atoms with E-state index in [1.54, 1.807) is 0 Å². The molecule has 0 N–H and O–H groups in total. The van der Waals surface area contributed by atoms with Crippen molar-refractivity contribution in [1.82, 2.24) is 0 Å². The first-order valence-electron chi connectivity index (χ1n) is 23.8. The summed E-state index contributed by atoms with van der Waals surface area (Å²) in [4.78, 5) is 2.49. The van der Waals surface area contributed by atoms with Crippen LogP contribution >= 0.6 is 0 Å². The summed E-state index contributed by atoms with van der Waals surface area (Å²) in [5.41, 5.74) is 25.7. The molecule has 2 aromatic heterocycles. The zero-order chi connectivity index (χ0) is 45.3. The van der Waals surface area contributed by atoms with Gasteiger partial charge in [0.15, 0.2) is 0 Å². The third kappa shape index (κ3) is 4.91. The van der Waals surface area contributed by atoms with Crippen LogP contribution in [0.1, 0.15) is 80.5 Å². The number of nitrogens with zero attached hydrogens (tertiary/aromatic N) is 1. The van der Waals surface area contributed by atoms with E-state index in [-0.39, 0.29) is 16.2 Å². The van der Waals surface area contributed by atoms with Crippen LogP contribution < -0.4 is 4.90 Å². The van der Waals surface area contributed by atoms with Gasteiger partial charge in [-0.3, -0.25) is 0 Å². The minimum Gasteiger partial charge on any atom is -0.455 e. The van der Waals surface area contributed by atoms with E-state index in [1.165, 1.54) is 88.5 Å². The molecule has 11 aromatic rings. The predicted octanol–water partition coefficient (Wildman–Crippen LogP) is 17.8. The Labute approximate surface area is 390 Å². The second-order valence-electron chi connectivity index (χ2n) is 20.8. The molecule has 3 aliphatic carbocycles. The average Bonchev–Trinajstić information content (AvgIpc) is 4.09. The summed E-state index contributed by atoms with van der Waals surface area (Å²) >= 11 is 0. The number of fused-ring (bicyclic) bond motifs is 19. The van der Waals surface area contributed by atoms with E-state index in [0.29, 0.717) is 0 Å². The molecule has 14 rings (SSSR count). The fourth-order valence-electron chi connectivity index (χ4n) is 13.0. The van der Waals surface area contributed by atoms with Crippen LogP contribution in [-0.4, -0.2) is 0 Å². The lowest BCUT2D eigenvalue weighted by molar-refractivity contribution is 0.600. The van der Waals surface area contributed by atoms with Gasteiger partial charge in [0.1, 0.15) is 22.3 Å². The molecule has 0 saturated heterocycles. The average molecular weight is 864 g/mol. The van der Waals surface area contributed by atoms with Gasteiger partial charge < -0.3 is 13.7 Å². The monoisotopic (exact) mass is 863 g/mol. The summed E-state index contributed by atoms with van der Waals surface area (Å²) in [6.07, 6.45) is 0. The van der Waals surface area contributed by atoms with E-state index < -0.39 is 0 Å². The van der Waals surface area contributed by atoms with Crippen LogP contribution in [-0.2, 0) is 16.2 Å². The summed E-state index contributed by atoms with van der Waals surface area (Å²) in [5.74, 6) is 0. The lowest BCUT2D eigenvalue weighted by atomic mass is 9.72. The fraction of sp³-hybridized carbons (Fsp3) is 0.156. The molecular formula is C64H49NO2. The van der Waals surface area contributed by atoms with Crippen molar-refractivity contribution in [3.63, 3.8) is 0 Å². The van der Waals surface area contributed by atoms with E-state index >= 15 is 0 Å². The van der Waals surface area contributed by atoms with Gasteiger partial charge in [0.2, 0.25) is 0 Å². The van der Waals surface area contributed by atoms with Gasteiger partial charge in [0.05, 0.1) is 0 Å². The van der Waals surface area contributed by atoms with Crippen LogP contribution in [0.25, 0.3) is 88.4 Å². The summed E-state index contributed by atoms with van der Waals surface area (Å²) in [5, 5.41) is 4.76. The number of para-hydroxylation sites is 3. The maximum atomic E-state index is 7.04. The molecular weight excluding hydrogens is 815 g/mol. The maximum Gasteiger partial charge on any atom is 0.144 e. The number of furan rings is 2. The quantitative estimate of drug-likeness (QED) is 0.177. The summed E-state index contributed by atoms with van der Waals surface area (Å²) in [6.45, 7) is 16.7. The molecule has 0 spiro atoms. The molecule has 3 heteroatoms. The van der Waals surface area contributed by atoms with Crippen LogP contribution in [0.15, 0.2) is 179 Å². The molecule has 3 aliphatic rings. The van der Waals surface area contributed by atoms with Gasteiger partial charge in [-0.1, -0.05) is 163 Å². The van der Waals surface area contributed by atoms with Crippen LogP contribution in [0.2, 0.25) is 0 Å². The normalized spacial score (nSPS) is 15.4. The zero-order valence-electron chi connectivity index (χ0n) is 38.9. The minimum atomic E-state index is -0.328. The highest BCUT2D eigenvalue weighted by Gasteiger charge is 2.49. The Morgan fingerprint density at radius 3 is 1.61 bits per heavy atom. The Morgan fingerprint density at radius 1 is 0.388 bits per heavy atom. The summed E-state index contributed by atoms with van der Waals surface area (Å²) < 4.78 is 13.8. The lowest BCUT2D eigenvalue weighted by Crippen LogP contribution is -2.24. The third-order valence-electron chi connectivity index (χ3n) is 16.1. The molecule has 0 atom stereocenters. The van der Waals surface area contributed by atoms with Crippen LogP contribution in [0.5, 0.6) is 0 Å². The van der Waals surface area contributed by atoms with Crippen molar-refractivity contribution < 1.29 is 8.83 Å². The van der Waals surface area contributed by atoms with Gasteiger partial charge >= 0.3 is 0 Å². The van der Waals surface area contributed by atoms with Crippen molar-refractivity contribution in [2.45, 2.75) is 64.7 Å². The maximum absolute atomic E-state index is 7.04. The molecule has 67 heavy (non-hydrogen) atoms. The lowest BCUT2D eigenvalue weighted by Gasteiger charge is -2.32. The number of benzene rings is 9. The Morgan fingerprint density at radius 2 is 0.910 bits per heavy atom. The van der Waals surface area contributed by atoms with Crippen LogP contribution in [0.4, 0.5) is 17.1 Å². The highest BCUT2D eigenvalue weighted by molar-refractivity contribution is 6.21. The summed E-state index contributed by atoms with van der Waals surface area (Å²) in [7, 11) is 0. The molecule has 0 amide bonds. The molecule has 0 unspecified atom stereocenters. The summed E-state index contributed by atoms with van der Waals surface area (Å²) in [6, 6.07) is 62.5. The number of rotatable bonds is 4. The molecule has 2 heterocycles. The topological polar surface area (TPSA) is 29.5 Å². The van der Waals surface area contributed by atoms with Gasteiger partial charge in [-0.25, -0.2) is 0 Å². The van der Waals surface area contributed by atoms with E-state index in [9.17, 15) is 0 Å². The Kier molecular flexibility index (Phi) is 7.52. The second kappa shape index (κ2) is 13.0. The number of hydrogen-bond donors (Lipinski definition) is 0. The van der Waals surface area contributed by atoms with Crippen molar-refractivity contribution in [3.8, 4) is 44.5 Å². The molecule has 9 aromatic carbocycles. The smallest absolute Gasteiger partial charge is 0.144 e. The third-order valence-corrected chi connectivity index (χ3v) is 16.1. The SMILES string of the molecule is Cc1ccccc1N(c1ccc2c(c1)C(C)(C)c1cc(-c3ccccc3)c3oc4ccccc4c3c1-2)c1ccc2c(c1)C(C)(C)c1c3c(c4c(oc5ccccc54)c1-2)-c1ccccc1C3(C)C. The van der Waals surface area contributed by atoms with Crippen molar-refractivity contribution >= 4 is 60.9 Å². The van der Waals surface area contributed by atoms with Gasteiger partial charge in [-0.15, -0.1) is 0 Å². The highest BCUT2D eigenvalue weighted by atomic mass is 16.3. The molecule has 0 bridgehead atoms. The second-order valence-corrected chi connectivity index (χ2v) is 20.8. The van der Waals surface area contributed by atoms with E-state index in [2.05, 4.69) is 223 Å². The molecule has 0 saturated carbocycles. The van der Waals surface area contributed by atoms with Gasteiger partial charge in [0.25, 0.3) is 0 Å². The van der Waals surface area contributed by atoms with Gasteiger partial charge in [0, 0.05) is 66.0 Å². The van der Waals surface area contributed by atoms with Crippen LogP contribution in [0, 0.1) is 6.92 Å². The van der Waals surface area contributed by atoms with Crippen molar-refractivity contribution in [2.24, 2.45) is 0 Å². The van der Waals surface area contributed by atoms with Crippen molar-refractivity contribution in [1.29, 1.82) is 0 Å². The van der Waals surface area contributed by atoms with Gasteiger partial charge in [-0.05, 0) is 128 Å². The molecule has 0 fully saturated rings. The fourth-order valence-corrected chi connectivity index (χ4v) is 13.0. The number of anilines is 3. The predicted molar refractivity (Wildman–Crippen MR) is 279 cm³/mol. The highest BCUT2D eigenvalue weighted by Crippen LogP contribution is 2.64. The van der Waals surface area contributed by atoms with Crippen molar-refractivity contribution in [2.75, 3.05) is 4.90 Å². The van der Waals surface area contributed by atoms with Crippen molar-refractivity contribution in [3.05, 3.63) is 209 Å². The first kappa shape index (κ1) is 38.6. The van der Waals surface area contributed by atoms with E-state index in [0.717, 1.165) is 55.9 Å². The Bertz CT molecular complexity index is 3970. The number of hydrogen-bond acceptors (Lipinski definition) is 3. The first-order valence-corrected chi connectivity index (χ1v) is 23.8. The number of aryl methyl sites for hydroxylation is 1. The molecule has 322 valence electrons. The van der Waals surface area contributed by atoms with E-state index in [1.807, 2.05) is 0 Å². The first-order chi connectivity index (χ1) is 32.4. The van der Waals surface area contributed by atoms with Gasteiger partial charge in [-0.2, -0.15) is 0 Å². The zero-order valence-corrected chi connectivity index (χ0v) is 38.9. The van der Waals surface area contributed by atoms with Crippen LogP contribution in [0.3, 0.4) is 0 Å². The molecule has 0 aliphatic heterocycles.